The van der Waals surface area contributed by atoms with E-state index in [2.05, 4.69) is 38.1 Å². The Kier molecular flexibility index (Phi) is 3.59. The molecule has 0 spiro atoms. The third kappa shape index (κ3) is 3.76. The average Bonchev–Trinajstić information content (AvgIpc) is 2.81. The molecule has 0 aromatic carbocycles. The van der Waals surface area contributed by atoms with Crippen LogP contribution in [0.15, 0.2) is 16.1 Å². The Morgan fingerprint density at radius 2 is 2.33 bits per heavy atom. The minimum atomic E-state index is 0.639. The number of hydrogen-bond acceptors (Lipinski definition) is 1. The molecule has 0 aromatic heterocycles. The largest absolute Gasteiger partial charge is 0.354 e. The molecule has 0 saturated heterocycles. The fourth-order valence-corrected chi connectivity index (χ4v) is 0.935. The van der Waals surface area contributed by atoms with Crippen molar-refractivity contribution in [2.24, 2.45) is 4.99 Å². The molecule has 1 aliphatic rings. The van der Waals surface area contributed by atoms with Crippen LogP contribution in [-0.4, -0.2) is 25.6 Å². The number of nitrogens with one attached hydrogen (secondary N) is 2. The molecule has 0 unspecified atom stereocenters. The fourth-order valence-electron chi connectivity index (χ4n) is 0.795. The summed E-state index contributed by atoms with van der Waals surface area (Å²) in [5.74, 6) is 0.859. The van der Waals surface area contributed by atoms with Gasteiger partial charge in [-0.15, -0.1) is 0 Å². The number of rotatable bonds is 3. The monoisotopic (exact) mass is 231 g/mol. The molecule has 0 aliphatic heterocycles. The van der Waals surface area contributed by atoms with Crippen LogP contribution in [0.3, 0.4) is 0 Å². The zero-order chi connectivity index (χ0) is 8.97. The number of nitrogens with zero attached hydrogens (tertiary/aromatic N) is 1. The van der Waals surface area contributed by atoms with Gasteiger partial charge in [-0.1, -0.05) is 22.5 Å². The number of hydrogen-bond donors (Lipinski definition) is 2. The van der Waals surface area contributed by atoms with Crippen molar-refractivity contribution in [1.29, 1.82) is 0 Å². The van der Waals surface area contributed by atoms with Gasteiger partial charge in [-0.25, -0.2) is 0 Å². The summed E-state index contributed by atoms with van der Waals surface area (Å²) in [4.78, 5) is 4.07. The molecule has 2 N–H and O–H groups in total. The molecule has 0 atom stereocenters. The zero-order valence-corrected chi connectivity index (χ0v) is 8.82. The highest BCUT2D eigenvalue weighted by atomic mass is 79.9. The second kappa shape index (κ2) is 4.50. The predicted molar refractivity (Wildman–Crippen MR) is 55.6 cm³/mol. The van der Waals surface area contributed by atoms with Crippen molar-refractivity contribution in [3.8, 4) is 0 Å². The Morgan fingerprint density at radius 1 is 1.67 bits per heavy atom. The first-order valence-electron chi connectivity index (χ1n) is 4.03. The summed E-state index contributed by atoms with van der Waals surface area (Å²) >= 11 is 3.27. The summed E-state index contributed by atoms with van der Waals surface area (Å²) in [5, 5.41) is 6.41. The smallest absolute Gasteiger partial charge is 0.191 e. The van der Waals surface area contributed by atoms with Gasteiger partial charge >= 0.3 is 0 Å². The van der Waals surface area contributed by atoms with Crippen molar-refractivity contribution in [2.75, 3.05) is 13.6 Å². The van der Waals surface area contributed by atoms with Crippen LogP contribution in [-0.2, 0) is 0 Å². The van der Waals surface area contributed by atoms with Crippen molar-refractivity contribution >= 4 is 21.9 Å². The zero-order valence-electron chi connectivity index (χ0n) is 7.23. The van der Waals surface area contributed by atoms with Gasteiger partial charge in [0.2, 0.25) is 0 Å². The molecule has 0 aromatic rings. The lowest BCUT2D eigenvalue weighted by Crippen LogP contribution is -2.38. The lowest BCUT2D eigenvalue weighted by Gasteiger charge is -2.09. The third-order valence-corrected chi connectivity index (χ3v) is 1.87. The number of guanidine groups is 1. The van der Waals surface area contributed by atoms with E-state index in [9.17, 15) is 0 Å². The maximum atomic E-state index is 4.07. The molecular formula is C8H14BrN3. The van der Waals surface area contributed by atoms with Crippen LogP contribution < -0.4 is 10.6 Å². The molecule has 0 radical (unpaired) electrons. The minimum Gasteiger partial charge on any atom is -0.354 e. The van der Waals surface area contributed by atoms with E-state index >= 15 is 0 Å². The first-order valence-corrected chi connectivity index (χ1v) is 4.82. The van der Waals surface area contributed by atoms with E-state index in [0.29, 0.717) is 12.6 Å². The Hall–Kier alpha value is -0.510. The third-order valence-electron chi connectivity index (χ3n) is 1.59. The van der Waals surface area contributed by atoms with E-state index < -0.39 is 0 Å². The SMILES string of the molecule is C=C(Br)CNC(=NC)NC1CC1. The van der Waals surface area contributed by atoms with Crippen molar-refractivity contribution in [3.05, 3.63) is 11.1 Å². The Bertz CT molecular complexity index is 196. The normalized spacial score (nSPS) is 17.3. The van der Waals surface area contributed by atoms with Crippen LogP contribution in [0.25, 0.3) is 0 Å². The predicted octanol–water partition coefficient (Wildman–Crippen LogP) is 1.22. The summed E-state index contributed by atoms with van der Waals surface area (Å²) in [5.41, 5.74) is 0. The van der Waals surface area contributed by atoms with Gasteiger partial charge < -0.3 is 10.6 Å². The van der Waals surface area contributed by atoms with E-state index in [4.69, 9.17) is 0 Å². The van der Waals surface area contributed by atoms with Crippen LogP contribution in [0.5, 0.6) is 0 Å². The second-order valence-electron chi connectivity index (χ2n) is 2.86. The first kappa shape index (κ1) is 9.58. The van der Waals surface area contributed by atoms with Crippen molar-refractivity contribution in [2.45, 2.75) is 18.9 Å². The molecule has 1 fully saturated rings. The van der Waals surface area contributed by atoms with Crippen LogP contribution in [0, 0.1) is 0 Å². The quantitative estimate of drug-likeness (QED) is 0.567. The summed E-state index contributed by atoms with van der Waals surface area (Å²) in [6.45, 7) is 4.44. The van der Waals surface area contributed by atoms with Gasteiger partial charge in [-0.2, -0.15) is 0 Å². The van der Waals surface area contributed by atoms with E-state index in [1.807, 2.05) is 0 Å². The summed E-state index contributed by atoms with van der Waals surface area (Å²) in [6, 6.07) is 0.639. The standard InChI is InChI=1S/C8H14BrN3/c1-6(9)5-11-8(10-2)12-7-3-4-7/h7H,1,3-5H2,2H3,(H2,10,11,12). The lowest BCUT2D eigenvalue weighted by atomic mass is 10.6. The van der Waals surface area contributed by atoms with Crippen LogP contribution >= 0.6 is 15.9 Å². The van der Waals surface area contributed by atoms with E-state index in [1.54, 1.807) is 7.05 Å². The van der Waals surface area contributed by atoms with Crippen molar-refractivity contribution in [3.63, 3.8) is 0 Å². The maximum absolute atomic E-state index is 4.07. The molecule has 4 heteroatoms. The molecule has 1 aliphatic carbocycles. The molecule has 1 saturated carbocycles. The molecule has 0 bridgehead atoms. The fraction of sp³-hybridized carbons (Fsp3) is 0.625. The van der Waals surface area contributed by atoms with Gasteiger partial charge in [0.25, 0.3) is 0 Å². The Morgan fingerprint density at radius 3 is 2.75 bits per heavy atom. The number of aliphatic imine (C=N–C) groups is 1. The van der Waals surface area contributed by atoms with Gasteiger partial charge in [-0.3, -0.25) is 4.99 Å². The maximum Gasteiger partial charge on any atom is 0.191 e. The average molecular weight is 232 g/mol. The molecular weight excluding hydrogens is 218 g/mol. The molecule has 68 valence electrons. The van der Waals surface area contributed by atoms with E-state index in [1.165, 1.54) is 12.8 Å². The second-order valence-corrected chi connectivity index (χ2v) is 3.98. The Labute approximate surface area is 81.5 Å². The lowest BCUT2D eigenvalue weighted by molar-refractivity contribution is 0.840. The van der Waals surface area contributed by atoms with Crippen LogP contribution in [0.2, 0.25) is 0 Å². The summed E-state index contributed by atoms with van der Waals surface area (Å²) in [6.07, 6.45) is 2.52. The van der Waals surface area contributed by atoms with Crippen LogP contribution in [0.1, 0.15) is 12.8 Å². The van der Waals surface area contributed by atoms with Gasteiger partial charge in [0.15, 0.2) is 5.96 Å². The Balaban J connectivity index is 2.20. The van der Waals surface area contributed by atoms with Gasteiger partial charge in [0.1, 0.15) is 0 Å². The molecule has 3 nitrogen and oxygen atoms in total. The number of halogens is 1. The highest BCUT2D eigenvalue weighted by Crippen LogP contribution is 2.18. The van der Waals surface area contributed by atoms with Crippen LogP contribution in [0.4, 0.5) is 0 Å². The van der Waals surface area contributed by atoms with E-state index in [0.717, 1.165) is 10.4 Å². The summed E-state index contributed by atoms with van der Waals surface area (Å²) < 4.78 is 0.932. The minimum absolute atomic E-state index is 0.639. The van der Waals surface area contributed by atoms with Crippen molar-refractivity contribution < 1.29 is 0 Å². The van der Waals surface area contributed by atoms with Gasteiger partial charge in [0, 0.05) is 24.1 Å². The van der Waals surface area contributed by atoms with Crippen molar-refractivity contribution in [1.82, 2.24) is 10.6 Å². The highest BCUT2D eigenvalue weighted by molar-refractivity contribution is 9.11. The molecule has 12 heavy (non-hydrogen) atoms. The molecule has 0 amide bonds. The summed E-state index contributed by atoms with van der Waals surface area (Å²) in [7, 11) is 1.77. The van der Waals surface area contributed by atoms with E-state index in [-0.39, 0.29) is 0 Å². The highest BCUT2D eigenvalue weighted by Gasteiger charge is 2.21. The van der Waals surface area contributed by atoms with Gasteiger partial charge in [0.05, 0.1) is 0 Å². The van der Waals surface area contributed by atoms with Gasteiger partial charge in [-0.05, 0) is 12.8 Å². The molecule has 0 heterocycles. The molecule has 1 rings (SSSR count). The first-order chi connectivity index (χ1) is 5.72. The topological polar surface area (TPSA) is 36.4 Å².